The van der Waals surface area contributed by atoms with Gasteiger partial charge in [0.1, 0.15) is 17.7 Å². The summed E-state index contributed by atoms with van der Waals surface area (Å²) in [6.07, 6.45) is 2.24. The van der Waals surface area contributed by atoms with Crippen molar-refractivity contribution < 1.29 is 18.7 Å². The van der Waals surface area contributed by atoms with Crippen LogP contribution in [0.1, 0.15) is 47.0 Å². The number of anilines is 3. The molecule has 0 saturated heterocycles. The van der Waals surface area contributed by atoms with Crippen molar-refractivity contribution in [3.05, 3.63) is 83.3 Å². The van der Waals surface area contributed by atoms with Gasteiger partial charge in [-0.05, 0) is 73.4 Å². The number of ether oxygens (including phenoxy) is 1. The van der Waals surface area contributed by atoms with E-state index >= 15 is 0 Å². The molecule has 0 fully saturated rings. The van der Waals surface area contributed by atoms with Crippen LogP contribution in [0.25, 0.3) is 10.9 Å². The normalized spacial score (nSPS) is 16.1. The Balaban J connectivity index is 1.11. The number of nitrogens with zero attached hydrogens (tertiary/aromatic N) is 2. The number of hydrogen-bond acceptors (Lipinski definition) is 5. The third-order valence-electron chi connectivity index (χ3n) is 7.57. The molecule has 8 nitrogen and oxygen atoms in total. The molecule has 9 heteroatoms. The molecule has 2 aliphatic heterocycles. The summed E-state index contributed by atoms with van der Waals surface area (Å²) in [5, 5.41) is 3.92. The Bertz CT molecular complexity index is 1580. The highest BCUT2D eigenvalue weighted by atomic mass is 19.1. The SMILES string of the molecule is CN1c2ccc(F)cc2C(=O)N2CCc3c([nH]c4ccc(OCCCCC(=O)Nc5ccccc5N)cc34)C21. The van der Waals surface area contributed by atoms with Crippen molar-refractivity contribution in [3.8, 4) is 5.75 Å². The van der Waals surface area contributed by atoms with Gasteiger partial charge >= 0.3 is 0 Å². The first-order valence-electron chi connectivity index (χ1n) is 13.2. The van der Waals surface area contributed by atoms with E-state index in [0.717, 1.165) is 34.5 Å². The quantitative estimate of drug-likeness (QED) is 0.226. The van der Waals surface area contributed by atoms with Gasteiger partial charge in [-0.3, -0.25) is 9.59 Å². The molecule has 3 heterocycles. The number of aromatic amines is 1. The molecule has 3 aromatic carbocycles. The number of halogens is 1. The largest absolute Gasteiger partial charge is 0.494 e. The topological polar surface area (TPSA) is 104 Å². The molecular weight excluding hydrogens is 497 g/mol. The molecule has 0 spiro atoms. The lowest BCUT2D eigenvalue weighted by Crippen LogP contribution is -2.51. The summed E-state index contributed by atoms with van der Waals surface area (Å²) in [6.45, 7) is 1.05. The Hall–Kier alpha value is -4.53. The minimum absolute atomic E-state index is 0.0683. The minimum Gasteiger partial charge on any atom is -0.494 e. The average molecular weight is 528 g/mol. The van der Waals surface area contributed by atoms with Crippen molar-refractivity contribution in [1.29, 1.82) is 0 Å². The lowest BCUT2D eigenvalue weighted by Gasteiger charge is -2.46. The van der Waals surface area contributed by atoms with E-state index in [1.807, 2.05) is 42.3 Å². The monoisotopic (exact) mass is 527 g/mol. The van der Waals surface area contributed by atoms with E-state index in [2.05, 4.69) is 10.3 Å². The van der Waals surface area contributed by atoms with E-state index in [1.54, 1.807) is 23.1 Å². The second-order valence-corrected chi connectivity index (χ2v) is 10.1. The van der Waals surface area contributed by atoms with Crippen LogP contribution < -0.4 is 20.7 Å². The molecule has 0 bridgehead atoms. The van der Waals surface area contributed by atoms with Crippen LogP contribution in [0.3, 0.4) is 0 Å². The number of nitrogen functional groups attached to an aromatic ring is 1. The molecular formula is C30H30FN5O3. The second-order valence-electron chi connectivity index (χ2n) is 10.1. The first-order valence-corrected chi connectivity index (χ1v) is 13.2. The van der Waals surface area contributed by atoms with Crippen LogP contribution in [-0.4, -0.2) is 41.9 Å². The summed E-state index contributed by atoms with van der Waals surface area (Å²) in [5.41, 5.74) is 11.3. The third-order valence-corrected chi connectivity index (χ3v) is 7.57. The van der Waals surface area contributed by atoms with Gasteiger partial charge in [0.2, 0.25) is 5.91 Å². The van der Waals surface area contributed by atoms with Crippen LogP contribution in [-0.2, 0) is 11.2 Å². The highest BCUT2D eigenvalue weighted by molar-refractivity contribution is 6.02. The molecule has 2 aliphatic rings. The number of rotatable bonds is 7. The zero-order valence-corrected chi connectivity index (χ0v) is 21.7. The van der Waals surface area contributed by atoms with E-state index in [1.165, 1.54) is 17.7 Å². The summed E-state index contributed by atoms with van der Waals surface area (Å²) in [4.78, 5) is 32.8. The number of carbonyl (C=O) groups excluding carboxylic acids is 2. The number of aromatic nitrogens is 1. The van der Waals surface area contributed by atoms with Crippen LogP contribution in [0.2, 0.25) is 0 Å². The van der Waals surface area contributed by atoms with Gasteiger partial charge in [0.05, 0.1) is 34.9 Å². The average Bonchev–Trinajstić information content (AvgIpc) is 3.30. The van der Waals surface area contributed by atoms with E-state index in [9.17, 15) is 14.0 Å². The van der Waals surface area contributed by atoms with Crippen molar-refractivity contribution >= 4 is 39.8 Å². The molecule has 1 atom stereocenters. The Kier molecular flexibility index (Phi) is 6.34. The molecule has 1 unspecified atom stereocenters. The summed E-state index contributed by atoms with van der Waals surface area (Å²) in [6, 6.07) is 17.6. The zero-order valence-electron chi connectivity index (χ0n) is 21.7. The van der Waals surface area contributed by atoms with Crippen molar-refractivity contribution in [2.24, 2.45) is 0 Å². The maximum Gasteiger partial charge on any atom is 0.258 e. The number of unbranched alkanes of at least 4 members (excludes halogenated alkanes) is 1. The summed E-state index contributed by atoms with van der Waals surface area (Å²) < 4.78 is 19.9. The van der Waals surface area contributed by atoms with E-state index < -0.39 is 5.82 Å². The van der Waals surface area contributed by atoms with Crippen LogP contribution in [0.5, 0.6) is 5.75 Å². The van der Waals surface area contributed by atoms with E-state index in [4.69, 9.17) is 10.5 Å². The lowest BCUT2D eigenvalue weighted by molar-refractivity contribution is -0.116. The van der Waals surface area contributed by atoms with Crippen molar-refractivity contribution in [2.45, 2.75) is 31.8 Å². The number of nitrogens with one attached hydrogen (secondary N) is 2. The number of benzene rings is 3. The molecule has 2 amide bonds. The fourth-order valence-corrected chi connectivity index (χ4v) is 5.63. The second kappa shape index (κ2) is 9.98. The maximum absolute atomic E-state index is 13.9. The first kappa shape index (κ1) is 24.8. The van der Waals surface area contributed by atoms with E-state index in [-0.39, 0.29) is 18.0 Å². The Labute approximate surface area is 225 Å². The third kappa shape index (κ3) is 4.54. The molecule has 0 radical (unpaired) electrons. The van der Waals surface area contributed by atoms with Gasteiger partial charge in [-0.1, -0.05) is 12.1 Å². The van der Waals surface area contributed by atoms with Gasteiger partial charge in [0.25, 0.3) is 5.91 Å². The smallest absolute Gasteiger partial charge is 0.258 e. The van der Waals surface area contributed by atoms with Crippen molar-refractivity contribution in [1.82, 2.24) is 9.88 Å². The molecule has 200 valence electrons. The number of fused-ring (bicyclic) bond motifs is 6. The molecule has 39 heavy (non-hydrogen) atoms. The first-order chi connectivity index (χ1) is 18.9. The molecule has 0 saturated carbocycles. The van der Waals surface area contributed by atoms with Crippen LogP contribution >= 0.6 is 0 Å². The van der Waals surface area contributed by atoms with Crippen molar-refractivity contribution in [3.63, 3.8) is 0 Å². The zero-order chi connectivity index (χ0) is 27.1. The molecule has 6 rings (SSSR count). The van der Waals surface area contributed by atoms with Gasteiger partial charge in [-0.2, -0.15) is 0 Å². The summed E-state index contributed by atoms with van der Waals surface area (Å²) >= 11 is 0. The Morgan fingerprint density at radius 3 is 2.85 bits per heavy atom. The molecule has 0 aliphatic carbocycles. The van der Waals surface area contributed by atoms with Crippen molar-refractivity contribution in [2.75, 3.05) is 36.1 Å². The van der Waals surface area contributed by atoms with Gasteiger partial charge in [-0.15, -0.1) is 0 Å². The van der Waals surface area contributed by atoms with Gasteiger partial charge in [0.15, 0.2) is 0 Å². The fraction of sp³-hybridized carbons (Fsp3) is 0.267. The van der Waals surface area contributed by atoms with Crippen LogP contribution in [0.15, 0.2) is 60.7 Å². The minimum atomic E-state index is -0.412. The number of H-pyrrole nitrogens is 1. The number of carbonyl (C=O) groups is 2. The standard InChI is InChI=1S/C30H30FN5O3/c1-35-26-12-9-18(31)16-22(26)30(38)36-14-13-20-21-17-19(10-11-24(21)34-28(20)29(35)36)39-15-5-4-8-27(37)33-25-7-3-2-6-23(25)32/h2-3,6-7,9-12,16-17,29,34H,4-5,8,13-15,32H2,1H3,(H,33,37). The number of para-hydroxylation sites is 2. The maximum atomic E-state index is 13.9. The van der Waals surface area contributed by atoms with Gasteiger partial charge < -0.3 is 30.6 Å². The number of nitrogens with two attached hydrogens (primary N) is 1. The number of amides is 2. The fourth-order valence-electron chi connectivity index (χ4n) is 5.63. The summed E-state index contributed by atoms with van der Waals surface area (Å²) in [7, 11) is 1.94. The Morgan fingerprint density at radius 2 is 2.00 bits per heavy atom. The van der Waals surface area contributed by atoms with E-state index in [0.29, 0.717) is 49.4 Å². The lowest BCUT2D eigenvalue weighted by atomic mass is 9.96. The van der Waals surface area contributed by atoms with Crippen LogP contribution in [0, 0.1) is 5.82 Å². The summed E-state index contributed by atoms with van der Waals surface area (Å²) in [5.74, 6) is 0.135. The molecule has 4 N–H and O–H groups in total. The highest BCUT2D eigenvalue weighted by Gasteiger charge is 2.41. The predicted octanol–water partition coefficient (Wildman–Crippen LogP) is 5.22. The van der Waals surface area contributed by atoms with Gasteiger partial charge in [-0.25, -0.2) is 4.39 Å². The van der Waals surface area contributed by atoms with Crippen LogP contribution in [0.4, 0.5) is 21.5 Å². The molecule has 1 aromatic heterocycles. The predicted molar refractivity (Wildman–Crippen MR) is 149 cm³/mol. The highest BCUT2D eigenvalue weighted by Crippen LogP contribution is 2.43. The van der Waals surface area contributed by atoms with Gasteiger partial charge in [0, 0.05) is 30.9 Å². The Morgan fingerprint density at radius 1 is 1.15 bits per heavy atom. The number of hydrogen-bond donors (Lipinski definition) is 3. The molecule has 4 aromatic rings.